The van der Waals surface area contributed by atoms with Gasteiger partial charge in [0.2, 0.25) is 0 Å². The second-order valence-electron chi connectivity index (χ2n) is 5.47. The molecule has 1 heterocycles. The standard InChI is InChI=1S/C19H19N3O2/c1-13-16(14-8-4-6-10-17(14)22(13)2)12-20-21-19(23)15-9-5-7-11-18(15)24-3/h4-12H,1-3H3,(H,21,23)/b20-12+. The van der Waals surface area contributed by atoms with Crippen LogP contribution in [0.25, 0.3) is 10.9 Å². The smallest absolute Gasteiger partial charge is 0.275 e. The number of methoxy groups -OCH3 is 1. The topological polar surface area (TPSA) is 55.6 Å². The second kappa shape index (κ2) is 6.58. The Bertz CT molecular complexity index is 926. The highest BCUT2D eigenvalue weighted by Crippen LogP contribution is 2.23. The number of carbonyl (C=O) groups is 1. The van der Waals surface area contributed by atoms with Gasteiger partial charge in [-0.2, -0.15) is 5.10 Å². The fourth-order valence-corrected chi connectivity index (χ4v) is 2.76. The largest absolute Gasteiger partial charge is 0.496 e. The molecule has 0 unspecified atom stereocenters. The summed E-state index contributed by atoms with van der Waals surface area (Å²) in [6.45, 7) is 2.03. The third kappa shape index (κ3) is 2.76. The van der Waals surface area contributed by atoms with E-state index in [4.69, 9.17) is 4.74 Å². The van der Waals surface area contributed by atoms with Crippen molar-refractivity contribution < 1.29 is 9.53 Å². The average Bonchev–Trinajstić information content (AvgIpc) is 2.86. The SMILES string of the molecule is COc1ccccc1C(=O)N/N=C/c1c(C)n(C)c2ccccc12. The van der Waals surface area contributed by atoms with Crippen LogP contribution in [-0.4, -0.2) is 23.8 Å². The zero-order valence-corrected chi connectivity index (χ0v) is 13.9. The molecule has 0 atom stereocenters. The van der Waals surface area contributed by atoms with Gasteiger partial charge in [0.15, 0.2) is 0 Å². The Morgan fingerprint density at radius 1 is 1.17 bits per heavy atom. The molecule has 0 aliphatic rings. The lowest BCUT2D eigenvalue weighted by atomic mass is 10.1. The lowest BCUT2D eigenvalue weighted by Gasteiger charge is -2.05. The van der Waals surface area contributed by atoms with E-state index >= 15 is 0 Å². The number of hydrogen-bond donors (Lipinski definition) is 1. The maximum absolute atomic E-state index is 12.3. The van der Waals surface area contributed by atoms with Crippen molar-refractivity contribution in [3.63, 3.8) is 0 Å². The minimum atomic E-state index is -0.304. The molecule has 24 heavy (non-hydrogen) atoms. The van der Waals surface area contributed by atoms with Gasteiger partial charge in [0.05, 0.1) is 18.9 Å². The van der Waals surface area contributed by atoms with Gasteiger partial charge >= 0.3 is 0 Å². The van der Waals surface area contributed by atoms with Gasteiger partial charge in [-0.1, -0.05) is 30.3 Å². The van der Waals surface area contributed by atoms with Gasteiger partial charge in [-0.05, 0) is 25.1 Å². The predicted molar refractivity (Wildman–Crippen MR) is 95.7 cm³/mol. The van der Waals surface area contributed by atoms with Crippen LogP contribution in [0, 0.1) is 6.92 Å². The number of amides is 1. The van der Waals surface area contributed by atoms with Crippen LogP contribution in [-0.2, 0) is 7.05 Å². The van der Waals surface area contributed by atoms with Crippen LogP contribution < -0.4 is 10.2 Å². The molecule has 122 valence electrons. The highest BCUT2D eigenvalue weighted by atomic mass is 16.5. The fraction of sp³-hybridized carbons (Fsp3) is 0.158. The summed E-state index contributed by atoms with van der Waals surface area (Å²) < 4.78 is 7.30. The quantitative estimate of drug-likeness (QED) is 0.592. The van der Waals surface area contributed by atoms with Crippen LogP contribution in [0.15, 0.2) is 53.6 Å². The molecule has 5 nitrogen and oxygen atoms in total. The van der Waals surface area contributed by atoms with E-state index in [1.807, 2.05) is 38.2 Å². The number of aryl methyl sites for hydroxylation is 1. The van der Waals surface area contributed by atoms with Crippen molar-refractivity contribution in [2.45, 2.75) is 6.92 Å². The number of carbonyl (C=O) groups excluding carboxylic acids is 1. The van der Waals surface area contributed by atoms with Crippen LogP contribution in [0.5, 0.6) is 5.75 Å². The molecule has 3 aromatic rings. The molecular weight excluding hydrogens is 302 g/mol. The Kier molecular flexibility index (Phi) is 4.33. The Balaban J connectivity index is 1.85. The number of hydrogen-bond acceptors (Lipinski definition) is 3. The maximum atomic E-state index is 12.3. The Morgan fingerprint density at radius 2 is 1.88 bits per heavy atom. The van der Waals surface area contributed by atoms with Crippen LogP contribution in [0.3, 0.4) is 0 Å². The zero-order valence-electron chi connectivity index (χ0n) is 13.9. The number of rotatable bonds is 4. The van der Waals surface area contributed by atoms with E-state index < -0.39 is 0 Å². The highest BCUT2D eigenvalue weighted by Gasteiger charge is 2.11. The van der Waals surface area contributed by atoms with Crippen molar-refractivity contribution in [3.05, 3.63) is 65.4 Å². The van der Waals surface area contributed by atoms with Crippen molar-refractivity contribution in [2.75, 3.05) is 7.11 Å². The first-order valence-electron chi connectivity index (χ1n) is 7.64. The molecule has 0 spiro atoms. The van der Waals surface area contributed by atoms with Crippen LogP contribution in [0.4, 0.5) is 0 Å². The highest BCUT2D eigenvalue weighted by molar-refractivity contribution is 6.02. The molecule has 0 bridgehead atoms. The number of aromatic nitrogens is 1. The molecule has 2 aromatic carbocycles. The van der Waals surface area contributed by atoms with Crippen molar-refractivity contribution in [3.8, 4) is 5.75 Å². The molecule has 3 rings (SSSR count). The average molecular weight is 321 g/mol. The summed E-state index contributed by atoms with van der Waals surface area (Å²) in [4.78, 5) is 12.3. The van der Waals surface area contributed by atoms with Crippen molar-refractivity contribution >= 4 is 23.0 Å². The van der Waals surface area contributed by atoms with E-state index in [-0.39, 0.29) is 5.91 Å². The Labute approximate surface area is 140 Å². The van der Waals surface area contributed by atoms with E-state index in [2.05, 4.69) is 21.2 Å². The maximum Gasteiger partial charge on any atom is 0.275 e. The number of hydrazone groups is 1. The summed E-state index contributed by atoms with van der Waals surface area (Å²) in [6.07, 6.45) is 1.69. The number of para-hydroxylation sites is 2. The molecule has 0 aliphatic heterocycles. The summed E-state index contributed by atoms with van der Waals surface area (Å²) in [5, 5.41) is 5.23. The van der Waals surface area contributed by atoms with Crippen molar-refractivity contribution in [1.82, 2.24) is 9.99 Å². The summed E-state index contributed by atoms with van der Waals surface area (Å²) in [5.41, 5.74) is 6.23. The normalized spacial score (nSPS) is 11.1. The predicted octanol–water partition coefficient (Wildman–Crippen LogP) is 3.26. The van der Waals surface area contributed by atoms with Gasteiger partial charge in [0, 0.05) is 29.2 Å². The van der Waals surface area contributed by atoms with E-state index in [0.717, 1.165) is 22.2 Å². The first-order valence-corrected chi connectivity index (χ1v) is 7.64. The summed E-state index contributed by atoms with van der Waals surface area (Å²) in [7, 11) is 3.55. The molecule has 1 amide bonds. The van der Waals surface area contributed by atoms with Gasteiger partial charge < -0.3 is 9.30 Å². The number of nitrogens with zero attached hydrogens (tertiary/aromatic N) is 2. The van der Waals surface area contributed by atoms with Crippen molar-refractivity contribution in [2.24, 2.45) is 12.1 Å². The molecule has 0 aliphatic carbocycles. The summed E-state index contributed by atoms with van der Waals surface area (Å²) in [5.74, 6) is 0.216. The Hall–Kier alpha value is -3.08. The molecular formula is C19H19N3O2. The third-order valence-electron chi connectivity index (χ3n) is 4.16. The summed E-state index contributed by atoms with van der Waals surface area (Å²) >= 11 is 0. The molecule has 1 aromatic heterocycles. The van der Waals surface area contributed by atoms with Gasteiger partial charge in [0.1, 0.15) is 5.75 Å². The summed E-state index contributed by atoms with van der Waals surface area (Å²) in [6, 6.07) is 15.2. The van der Waals surface area contributed by atoms with E-state index in [1.54, 1.807) is 24.4 Å². The molecule has 0 saturated carbocycles. The third-order valence-corrected chi connectivity index (χ3v) is 4.16. The fourth-order valence-electron chi connectivity index (χ4n) is 2.76. The van der Waals surface area contributed by atoms with Gasteiger partial charge in [0.25, 0.3) is 5.91 Å². The monoisotopic (exact) mass is 321 g/mol. The van der Waals surface area contributed by atoms with Crippen molar-refractivity contribution in [1.29, 1.82) is 0 Å². The Morgan fingerprint density at radius 3 is 2.67 bits per heavy atom. The zero-order chi connectivity index (χ0) is 17.1. The molecule has 1 N–H and O–H groups in total. The van der Waals surface area contributed by atoms with E-state index in [0.29, 0.717) is 11.3 Å². The lowest BCUT2D eigenvalue weighted by Crippen LogP contribution is -2.18. The number of benzene rings is 2. The van der Waals surface area contributed by atoms with Crippen LogP contribution in [0.2, 0.25) is 0 Å². The molecule has 0 fully saturated rings. The number of nitrogens with one attached hydrogen (secondary N) is 1. The number of ether oxygens (including phenoxy) is 1. The lowest BCUT2D eigenvalue weighted by molar-refractivity contribution is 0.0952. The van der Waals surface area contributed by atoms with Gasteiger partial charge in [-0.3, -0.25) is 4.79 Å². The second-order valence-corrected chi connectivity index (χ2v) is 5.47. The minimum Gasteiger partial charge on any atom is -0.496 e. The van der Waals surface area contributed by atoms with E-state index in [1.165, 1.54) is 7.11 Å². The first kappa shape index (κ1) is 15.8. The first-order chi connectivity index (χ1) is 11.6. The number of fused-ring (bicyclic) bond motifs is 1. The van der Waals surface area contributed by atoms with Crippen LogP contribution >= 0.6 is 0 Å². The van der Waals surface area contributed by atoms with Gasteiger partial charge in [-0.15, -0.1) is 0 Å². The minimum absolute atomic E-state index is 0.304. The van der Waals surface area contributed by atoms with Crippen LogP contribution in [0.1, 0.15) is 21.6 Å². The molecule has 0 radical (unpaired) electrons. The molecule has 5 heteroatoms. The molecule has 0 saturated heterocycles. The van der Waals surface area contributed by atoms with Gasteiger partial charge in [-0.25, -0.2) is 5.43 Å². The van der Waals surface area contributed by atoms with E-state index in [9.17, 15) is 4.79 Å².